The van der Waals surface area contributed by atoms with Crippen LogP contribution in [0.4, 0.5) is 5.69 Å². The molecule has 0 spiro atoms. The highest BCUT2D eigenvalue weighted by Gasteiger charge is 2.23. The SMILES string of the molecule is CCC(=Nc1cnn(C2CCN(C(C)C)CC2)c1)c1c(O)[nH]c2ccc(C(=O)NCCOC)cc12. The number of aromatic amines is 1. The number of nitrogens with one attached hydrogen (secondary N) is 2. The number of carbonyl (C=O) groups excluding carboxylic acids is 1. The highest BCUT2D eigenvalue weighted by Crippen LogP contribution is 2.31. The summed E-state index contributed by atoms with van der Waals surface area (Å²) in [4.78, 5) is 22.9. The van der Waals surface area contributed by atoms with Crippen LogP contribution in [0.5, 0.6) is 5.88 Å². The number of amides is 1. The van der Waals surface area contributed by atoms with Gasteiger partial charge in [-0.1, -0.05) is 6.92 Å². The van der Waals surface area contributed by atoms with Crippen molar-refractivity contribution in [1.29, 1.82) is 0 Å². The number of H-pyrrole nitrogens is 1. The molecule has 1 fully saturated rings. The van der Waals surface area contributed by atoms with Crippen LogP contribution in [0.1, 0.15) is 62.0 Å². The molecule has 35 heavy (non-hydrogen) atoms. The largest absolute Gasteiger partial charge is 0.494 e. The number of ether oxygens (including phenoxy) is 1. The van der Waals surface area contributed by atoms with E-state index >= 15 is 0 Å². The van der Waals surface area contributed by atoms with E-state index in [-0.39, 0.29) is 11.8 Å². The number of carbonyl (C=O) groups is 1. The molecule has 0 bridgehead atoms. The Balaban J connectivity index is 1.58. The van der Waals surface area contributed by atoms with E-state index in [2.05, 4.69) is 34.1 Å². The van der Waals surface area contributed by atoms with Crippen molar-refractivity contribution in [2.24, 2.45) is 4.99 Å². The summed E-state index contributed by atoms with van der Waals surface area (Å²) in [5.74, 6) is -0.138. The Morgan fingerprint density at radius 3 is 2.80 bits per heavy atom. The van der Waals surface area contributed by atoms with Crippen molar-refractivity contribution < 1.29 is 14.6 Å². The fraction of sp³-hybridized carbons (Fsp3) is 0.500. The summed E-state index contributed by atoms with van der Waals surface area (Å²) < 4.78 is 7.03. The van der Waals surface area contributed by atoms with Crippen LogP contribution < -0.4 is 5.32 Å². The molecule has 0 saturated carbocycles. The maximum Gasteiger partial charge on any atom is 0.251 e. The van der Waals surface area contributed by atoms with Crippen molar-refractivity contribution in [2.45, 2.75) is 52.1 Å². The van der Waals surface area contributed by atoms with Gasteiger partial charge in [0.05, 0.1) is 36.3 Å². The lowest BCUT2D eigenvalue weighted by Crippen LogP contribution is -2.39. The lowest BCUT2D eigenvalue weighted by Gasteiger charge is -2.34. The van der Waals surface area contributed by atoms with Crippen LogP contribution >= 0.6 is 0 Å². The molecule has 2 aromatic heterocycles. The first-order chi connectivity index (χ1) is 16.9. The van der Waals surface area contributed by atoms with E-state index in [0.717, 1.165) is 48.2 Å². The molecule has 188 valence electrons. The Kier molecular flexibility index (Phi) is 7.87. The van der Waals surface area contributed by atoms with Gasteiger partial charge >= 0.3 is 0 Å². The number of aromatic nitrogens is 3. The van der Waals surface area contributed by atoms with Gasteiger partial charge in [0.2, 0.25) is 0 Å². The Morgan fingerprint density at radius 2 is 2.11 bits per heavy atom. The zero-order chi connectivity index (χ0) is 24.9. The standard InChI is InChI=1S/C26H36N6O3/c1-5-22(29-19-15-28-32(16-19)20-8-11-31(12-9-20)17(2)3)24-21-14-18(25(33)27-10-13-35-4)6-7-23(21)30-26(24)34/h6-7,14-17,20,30,34H,5,8-13H2,1-4H3,(H,27,33). The third kappa shape index (κ3) is 5.57. The van der Waals surface area contributed by atoms with Gasteiger partial charge in [-0.05, 0) is 51.3 Å². The minimum absolute atomic E-state index is 0.0472. The number of methoxy groups -OCH3 is 1. The number of benzene rings is 1. The zero-order valence-electron chi connectivity index (χ0n) is 21.0. The van der Waals surface area contributed by atoms with Crippen LogP contribution in [-0.4, -0.2) is 75.8 Å². The van der Waals surface area contributed by atoms with Gasteiger partial charge in [0.25, 0.3) is 5.91 Å². The number of hydrogen-bond acceptors (Lipinski definition) is 6. The van der Waals surface area contributed by atoms with Gasteiger partial charge in [0.15, 0.2) is 5.88 Å². The lowest BCUT2D eigenvalue weighted by molar-refractivity contribution is 0.0937. The van der Waals surface area contributed by atoms with E-state index in [1.165, 1.54) is 0 Å². The number of hydrogen-bond donors (Lipinski definition) is 3. The quantitative estimate of drug-likeness (QED) is 0.317. The number of likely N-dealkylation sites (tertiary alicyclic amines) is 1. The second kappa shape index (κ2) is 11.0. The summed E-state index contributed by atoms with van der Waals surface area (Å²) in [5.41, 5.74) is 3.38. The molecule has 9 nitrogen and oxygen atoms in total. The van der Waals surface area contributed by atoms with Crippen molar-refractivity contribution in [1.82, 2.24) is 25.0 Å². The minimum Gasteiger partial charge on any atom is -0.494 e. The van der Waals surface area contributed by atoms with Crippen molar-refractivity contribution in [2.75, 3.05) is 33.4 Å². The van der Waals surface area contributed by atoms with E-state index in [1.807, 2.05) is 17.8 Å². The summed E-state index contributed by atoms with van der Waals surface area (Å²) in [6, 6.07) is 6.28. The fourth-order valence-electron chi connectivity index (χ4n) is 4.70. The molecule has 1 saturated heterocycles. The minimum atomic E-state index is -0.185. The molecule has 9 heteroatoms. The summed E-state index contributed by atoms with van der Waals surface area (Å²) in [5, 5.41) is 18.9. The van der Waals surface area contributed by atoms with Crippen LogP contribution in [0, 0.1) is 0 Å². The van der Waals surface area contributed by atoms with Gasteiger partial charge in [0, 0.05) is 49.3 Å². The Bertz CT molecular complexity index is 1190. The van der Waals surface area contributed by atoms with Gasteiger partial charge in [-0.15, -0.1) is 0 Å². The maximum atomic E-state index is 12.5. The molecular weight excluding hydrogens is 444 g/mol. The number of aliphatic imine (C=N–C) groups is 1. The molecule has 3 heterocycles. The van der Waals surface area contributed by atoms with Crippen molar-refractivity contribution in [3.63, 3.8) is 0 Å². The average Bonchev–Trinajstić information content (AvgIpc) is 3.45. The predicted molar refractivity (Wildman–Crippen MR) is 138 cm³/mol. The van der Waals surface area contributed by atoms with Crippen LogP contribution in [0.3, 0.4) is 0 Å². The molecule has 0 radical (unpaired) electrons. The molecular formula is C26H36N6O3. The highest BCUT2D eigenvalue weighted by molar-refractivity contribution is 6.14. The number of aromatic hydroxyl groups is 1. The van der Waals surface area contributed by atoms with Crippen LogP contribution in [0.25, 0.3) is 10.9 Å². The number of fused-ring (bicyclic) bond motifs is 1. The zero-order valence-corrected chi connectivity index (χ0v) is 21.0. The van der Waals surface area contributed by atoms with Crippen LogP contribution in [0.2, 0.25) is 0 Å². The molecule has 1 aliphatic heterocycles. The topological polar surface area (TPSA) is 108 Å². The summed E-state index contributed by atoms with van der Waals surface area (Å²) in [7, 11) is 1.60. The molecule has 0 unspecified atom stereocenters. The third-order valence-corrected chi connectivity index (χ3v) is 6.71. The Hall–Kier alpha value is -3.17. The van der Waals surface area contributed by atoms with Gasteiger partial charge in [-0.25, -0.2) is 4.99 Å². The first-order valence-corrected chi connectivity index (χ1v) is 12.4. The predicted octanol–water partition coefficient (Wildman–Crippen LogP) is 4.02. The second-order valence-electron chi connectivity index (χ2n) is 9.31. The lowest BCUT2D eigenvalue weighted by atomic mass is 10.0. The molecule has 0 atom stereocenters. The van der Waals surface area contributed by atoms with Crippen LogP contribution in [0.15, 0.2) is 35.6 Å². The summed E-state index contributed by atoms with van der Waals surface area (Å²) in [6.45, 7) is 9.51. The van der Waals surface area contributed by atoms with Crippen molar-refractivity contribution in [3.8, 4) is 5.88 Å². The number of piperidine rings is 1. The van der Waals surface area contributed by atoms with Gasteiger partial charge in [-0.3, -0.25) is 9.48 Å². The normalized spacial score (nSPS) is 15.9. The molecule has 1 amide bonds. The van der Waals surface area contributed by atoms with E-state index in [9.17, 15) is 9.90 Å². The fourth-order valence-corrected chi connectivity index (χ4v) is 4.70. The Morgan fingerprint density at radius 1 is 1.34 bits per heavy atom. The van der Waals surface area contributed by atoms with Gasteiger partial charge in [0.1, 0.15) is 5.69 Å². The Labute approximate surface area is 206 Å². The third-order valence-electron chi connectivity index (χ3n) is 6.71. The van der Waals surface area contributed by atoms with E-state index in [1.54, 1.807) is 31.5 Å². The first kappa shape index (κ1) is 24.9. The van der Waals surface area contributed by atoms with Crippen molar-refractivity contribution in [3.05, 3.63) is 41.7 Å². The number of rotatable bonds is 9. The monoisotopic (exact) mass is 480 g/mol. The van der Waals surface area contributed by atoms with Crippen molar-refractivity contribution >= 4 is 28.2 Å². The van der Waals surface area contributed by atoms with E-state index < -0.39 is 0 Å². The molecule has 1 aromatic carbocycles. The van der Waals surface area contributed by atoms with E-state index in [0.29, 0.717) is 42.8 Å². The van der Waals surface area contributed by atoms with Crippen LogP contribution in [-0.2, 0) is 4.74 Å². The molecule has 3 aromatic rings. The maximum absolute atomic E-state index is 12.5. The van der Waals surface area contributed by atoms with Gasteiger partial charge < -0.3 is 25.0 Å². The second-order valence-corrected chi connectivity index (χ2v) is 9.31. The number of nitrogens with zero attached hydrogens (tertiary/aromatic N) is 4. The summed E-state index contributed by atoms with van der Waals surface area (Å²) >= 11 is 0. The molecule has 1 aliphatic rings. The molecule has 3 N–H and O–H groups in total. The summed E-state index contributed by atoms with van der Waals surface area (Å²) in [6.07, 6.45) is 6.53. The highest BCUT2D eigenvalue weighted by atomic mass is 16.5. The molecule has 0 aliphatic carbocycles. The average molecular weight is 481 g/mol. The first-order valence-electron chi connectivity index (χ1n) is 12.4. The smallest absolute Gasteiger partial charge is 0.251 e. The van der Waals surface area contributed by atoms with E-state index in [4.69, 9.17) is 9.73 Å². The van der Waals surface area contributed by atoms with Gasteiger partial charge in [-0.2, -0.15) is 5.10 Å². The molecule has 4 rings (SSSR count).